The molecule has 0 radical (unpaired) electrons. The normalized spacial score (nSPS) is 10.4. The molecule has 8 heteroatoms. The van der Waals surface area contributed by atoms with Crippen LogP contribution < -0.4 is 0 Å². The van der Waals surface area contributed by atoms with Crippen LogP contribution in [-0.2, 0) is 4.74 Å². The molecule has 94 valence electrons. The predicted octanol–water partition coefficient (Wildman–Crippen LogP) is 2.09. The smallest absolute Gasteiger partial charge is 0.360 e. The quantitative estimate of drug-likeness (QED) is 0.796. The summed E-state index contributed by atoms with van der Waals surface area (Å²) in [5.41, 5.74) is -0.118. The van der Waals surface area contributed by atoms with Crippen molar-refractivity contribution >= 4 is 21.9 Å². The number of methoxy groups -OCH3 is 1. The van der Waals surface area contributed by atoms with Gasteiger partial charge in [-0.05, 0) is 22.0 Å². The summed E-state index contributed by atoms with van der Waals surface area (Å²) in [6, 6.07) is 1.79. The molecule has 1 aromatic carbocycles. The van der Waals surface area contributed by atoms with Crippen LogP contribution >= 0.6 is 15.9 Å². The molecule has 0 aliphatic heterocycles. The molecule has 0 aliphatic carbocycles. The monoisotopic (exact) mass is 317 g/mol. The van der Waals surface area contributed by atoms with E-state index in [9.17, 15) is 13.6 Å². The molecule has 18 heavy (non-hydrogen) atoms. The van der Waals surface area contributed by atoms with E-state index >= 15 is 0 Å². The van der Waals surface area contributed by atoms with Crippen molar-refractivity contribution in [3.05, 3.63) is 40.1 Å². The molecule has 1 heterocycles. The maximum absolute atomic E-state index is 13.6. The Morgan fingerprint density at radius 1 is 1.44 bits per heavy atom. The number of aromatic nitrogens is 3. The van der Waals surface area contributed by atoms with Gasteiger partial charge in [-0.25, -0.2) is 18.3 Å². The molecule has 0 bridgehead atoms. The standard InChI is InChI=1S/C10H6BrF2N3O2/c1-18-10(17)8-4-16(15-14-8)9-6(11)2-5(12)3-7(9)13/h2-4H,1H3. The molecule has 0 N–H and O–H groups in total. The minimum Gasteiger partial charge on any atom is -0.464 e. The zero-order valence-corrected chi connectivity index (χ0v) is 10.6. The van der Waals surface area contributed by atoms with E-state index in [0.29, 0.717) is 6.07 Å². The van der Waals surface area contributed by atoms with Crippen molar-refractivity contribution in [2.75, 3.05) is 7.11 Å². The van der Waals surface area contributed by atoms with Crippen molar-refractivity contribution in [2.24, 2.45) is 0 Å². The van der Waals surface area contributed by atoms with Gasteiger partial charge >= 0.3 is 5.97 Å². The first kappa shape index (κ1) is 12.6. The molecule has 0 unspecified atom stereocenters. The van der Waals surface area contributed by atoms with Crippen LogP contribution in [-0.4, -0.2) is 28.1 Å². The first-order valence-electron chi connectivity index (χ1n) is 4.68. The third-order valence-corrected chi connectivity index (χ3v) is 2.70. The van der Waals surface area contributed by atoms with Crippen molar-refractivity contribution in [3.63, 3.8) is 0 Å². The number of halogens is 3. The van der Waals surface area contributed by atoms with Gasteiger partial charge < -0.3 is 4.74 Å². The van der Waals surface area contributed by atoms with Gasteiger partial charge in [-0.15, -0.1) is 5.10 Å². The summed E-state index contributed by atoms with van der Waals surface area (Å²) in [5, 5.41) is 7.11. The van der Waals surface area contributed by atoms with Crippen molar-refractivity contribution in [2.45, 2.75) is 0 Å². The molecular formula is C10H6BrF2N3O2. The molecule has 0 amide bonds. The van der Waals surface area contributed by atoms with E-state index in [4.69, 9.17) is 0 Å². The zero-order valence-electron chi connectivity index (χ0n) is 9.02. The zero-order chi connectivity index (χ0) is 13.3. The number of carbonyl (C=O) groups excluding carboxylic acids is 1. The second-order valence-corrected chi connectivity index (χ2v) is 4.11. The minimum atomic E-state index is -0.830. The van der Waals surface area contributed by atoms with Crippen LogP contribution in [0.1, 0.15) is 10.5 Å². The van der Waals surface area contributed by atoms with E-state index < -0.39 is 17.6 Å². The number of benzene rings is 1. The lowest BCUT2D eigenvalue weighted by Crippen LogP contribution is -2.02. The number of hydrogen-bond donors (Lipinski definition) is 0. The maximum Gasteiger partial charge on any atom is 0.360 e. The lowest BCUT2D eigenvalue weighted by atomic mass is 10.3. The van der Waals surface area contributed by atoms with Crippen molar-refractivity contribution in [1.82, 2.24) is 15.0 Å². The second kappa shape index (κ2) is 4.81. The summed E-state index contributed by atoms with van der Waals surface area (Å²) in [7, 11) is 1.19. The molecule has 0 aliphatic rings. The van der Waals surface area contributed by atoms with Gasteiger partial charge in [-0.1, -0.05) is 5.21 Å². The number of esters is 1. The molecule has 0 saturated carbocycles. The first-order valence-corrected chi connectivity index (χ1v) is 5.48. The van der Waals surface area contributed by atoms with Crippen molar-refractivity contribution in [1.29, 1.82) is 0 Å². The van der Waals surface area contributed by atoms with Crippen LogP contribution in [0.15, 0.2) is 22.8 Å². The molecule has 0 fully saturated rings. The topological polar surface area (TPSA) is 57.0 Å². The second-order valence-electron chi connectivity index (χ2n) is 3.26. The molecule has 2 aromatic rings. The van der Waals surface area contributed by atoms with E-state index in [1.165, 1.54) is 13.3 Å². The predicted molar refractivity (Wildman–Crippen MR) is 60.3 cm³/mol. The third kappa shape index (κ3) is 2.23. The van der Waals surface area contributed by atoms with E-state index in [1.54, 1.807) is 0 Å². The Balaban J connectivity index is 2.49. The van der Waals surface area contributed by atoms with Gasteiger partial charge in [0.15, 0.2) is 11.5 Å². The van der Waals surface area contributed by atoms with Gasteiger partial charge in [-0.2, -0.15) is 0 Å². The lowest BCUT2D eigenvalue weighted by Gasteiger charge is -2.04. The number of nitrogens with zero attached hydrogens (tertiary/aromatic N) is 3. The molecule has 5 nitrogen and oxygen atoms in total. The third-order valence-electron chi connectivity index (χ3n) is 2.10. The average molecular weight is 318 g/mol. The summed E-state index contributed by atoms with van der Waals surface area (Å²) in [4.78, 5) is 11.2. The van der Waals surface area contributed by atoms with Gasteiger partial charge in [-0.3, -0.25) is 0 Å². The molecule has 2 rings (SSSR count). The van der Waals surface area contributed by atoms with Crippen molar-refractivity contribution < 1.29 is 18.3 Å². The summed E-state index contributed by atoms with van der Waals surface area (Å²) >= 11 is 3.01. The fourth-order valence-electron chi connectivity index (χ4n) is 1.32. The number of carbonyl (C=O) groups is 1. The molecule has 0 atom stereocenters. The highest BCUT2D eigenvalue weighted by molar-refractivity contribution is 9.10. The highest BCUT2D eigenvalue weighted by Gasteiger charge is 2.16. The Morgan fingerprint density at radius 2 is 2.17 bits per heavy atom. The van der Waals surface area contributed by atoms with Gasteiger partial charge in [0.25, 0.3) is 0 Å². The summed E-state index contributed by atoms with van der Waals surface area (Å²) in [5.74, 6) is -2.25. The van der Waals surface area contributed by atoms with Gasteiger partial charge in [0.05, 0.1) is 13.3 Å². The highest BCUT2D eigenvalue weighted by atomic mass is 79.9. The number of hydrogen-bond acceptors (Lipinski definition) is 4. The maximum atomic E-state index is 13.6. The van der Waals surface area contributed by atoms with Crippen LogP contribution in [0.5, 0.6) is 0 Å². The first-order chi connectivity index (χ1) is 8.52. The van der Waals surface area contributed by atoms with Crippen LogP contribution in [0.25, 0.3) is 5.69 Å². The molecule has 1 aromatic heterocycles. The summed E-state index contributed by atoms with van der Waals surface area (Å²) in [6.45, 7) is 0. The minimum absolute atomic E-state index is 0.0425. The largest absolute Gasteiger partial charge is 0.464 e. The lowest BCUT2D eigenvalue weighted by molar-refractivity contribution is 0.0594. The Labute approximate surface area is 108 Å². The van der Waals surface area contributed by atoms with E-state index in [0.717, 1.165) is 10.7 Å². The SMILES string of the molecule is COC(=O)c1cn(-c2c(F)cc(F)cc2Br)nn1. The van der Waals surface area contributed by atoms with Crippen LogP contribution in [0.2, 0.25) is 0 Å². The van der Waals surface area contributed by atoms with Gasteiger partial charge in [0.1, 0.15) is 11.5 Å². The number of ether oxygens (including phenoxy) is 1. The Hall–Kier alpha value is -1.83. The summed E-state index contributed by atoms with van der Waals surface area (Å²) in [6.07, 6.45) is 1.19. The fraction of sp³-hybridized carbons (Fsp3) is 0.100. The van der Waals surface area contributed by atoms with Gasteiger partial charge in [0, 0.05) is 10.5 Å². The molecule has 0 saturated heterocycles. The number of rotatable bonds is 2. The van der Waals surface area contributed by atoms with Crippen LogP contribution in [0, 0.1) is 11.6 Å². The molecule has 0 spiro atoms. The van der Waals surface area contributed by atoms with E-state index in [-0.39, 0.29) is 15.9 Å². The van der Waals surface area contributed by atoms with Crippen LogP contribution in [0.3, 0.4) is 0 Å². The van der Waals surface area contributed by atoms with E-state index in [1.807, 2.05) is 0 Å². The fourth-order valence-corrected chi connectivity index (χ4v) is 1.91. The van der Waals surface area contributed by atoms with E-state index in [2.05, 4.69) is 31.0 Å². The Kier molecular flexibility index (Phi) is 3.37. The average Bonchev–Trinajstić information content (AvgIpc) is 2.76. The van der Waals surface area contributed by atoms with Crippen LogP contribution in [0.4, 0.5) is 8.78 Å². The Morgan fingerprint density at radius 3 is 2.78 bits per heavy atom. The Bertz CT molecular complexity index is 592. The van der Waals surface area contributed by atoms with Crippen molar-refractivity contribution in [3.8, 4) is 5.69 Å². The summed E-state index contributed by atoms with van der Waals surface area (Å²) < 4.78 is 32.2. The van der Waals surface area contributed by atoms with Gasteiger partial charge in [0.2, 0.25) is 0 Å². The highest BCUT2D eigenvalue weighted by Crippen LogP contribution is 2.24. The molecular weight excluding hydrogens is 312 g/mol.